The molecule has 0 rings (SSSR count). The highest BCUT2D eigenvalue weighted by molar-refractivity contribution is 4.76. The van der Waals surface area contributed by atoms with E-state index in [1.54, 1.807) is 0 Å². The fourth-order valence-corrected chi connectivity index (χ4v) is 0.465. The molecule has 0 radical (unpaired) electrons. The standard InChI is InChI=1S/C7H15N/c1-4-5-7(8)6(2)3/h4,6-7H,1,5,8H2,2-3H3. The van der Waals surface area contributed by atoms with Crippen LogP contribution in [0.2, 0.25) is 0 Å². The average molecular weight is 113 g/mol. The van der Waals surface area contributed by atoms with Crippen LogP contribution in [0.3, 0.4) is 0 Å². The van der Waals surface area contributed by atoms with E-state index in [0.29, 0.717) is 12.0 Å². The molecule has 0 aromatic rings. The van der Waals surface area contributed by atoms with E-state index in [1.165, 1.54) is 0 Å². The lowest BCUT2D eigenvalue weighted by molar-refractivity contribution is 0.498. The van der Waals surface area contributed by atoms with Crippen molar-refractivity contribution in [1.29, 1.82) is 0 Å². The van der Waals surface area contributed by atoms with Crippen LogP contribution in [-0.2, 0) is 0 Å². The molecule has 1 heteroatoms. The molecule has 0 amide bonds. The van der Waals surface area contributed by atoms with Crippen LogP contribution in [0.5, 0.6) is 0 Å². The molecule has 0 aliphatic carbocycles. The molecular formula is C7H15N. The first kappa shape index (κ1) is 7.70. The molecule has 0 saturated heterocycles. The molecule has 0 fully saturated rings. The summed E-state index contributed by atoms with van der Waals surface area (Å²) in [6.45, 7) is 7.84. The summed E-state index contributed by atoms with van der Waals surface area (Å²) in [7, 11) is 0. The molecule has 0 aromatic carbocycles. The number of hydrogen-bond donors (Lipinski definition) is 1. The lowest BCUT2D eigenvalue weighted by Gasteiger charge is -2.11. The molecule has 1 atom stereocenters. The molecule has 1 nitrogen and oxygen atoms in total. The minimum Gasteiger partial charge on any atom is -0.327 e. The maximum atomic E-state index is 5.66. The van der Waals surface area contributed by atoms with Crippen molar-refractivity contribution < 1.29 is 0 Å². The molecule has 48 valence electrons. The molecule has 0 aliphatic heterocycles. The summed E-state index contributed by atoms with van der Waals surface area (Å²) in [6, 6.07) is 0.299. The van der Waals surface area contributed by atoms with Gasteiger partial charge in [-0.15, -0.1) is 6.58 Å². The van der Waals surface area contributed by atoms with Gasteiger partial charge in [-0.05, 0) is 12.3 Å². The Balaban J connectivity index is 3.30. The second-order valence-corrected chi connectivity index (χ2v) is 2.43. The lowest BCUT2D eigenvalue weighted by atomic mass is 10.0. The maximum Gasteiger partial charge on any atom is 0.00965 e. The Kier molecular flexibility index (Phi) is 3.53. The summed E-state index contributed by atoms with van der Waals surface area (Å²) in [5.74, 6) is 0.577. The van der Waals surface area contributed by atoms with Gasteiger partial charge in [0.15, 0.2) is 0 Å². The Morgan fingerprint density at radius 2 is 2.12 bits per heavy atom. The van der Waals surface area contributed by atoms with Crippen molar-refractivity contribution in [2.45, 2.75) is 26.3 Å². The van der Waals surface area contributed by atoms with Gasteiger partial charge in [0.1, 0.15) is 0 Å². The van der Waals surface area contributed by atoms with E-state index in [9.17, 15) is 0 Å². The summed E-state index contributed by atoms with van der Waals surface area (Å²) in [5.41, 5.74) is 5.66. The highest BCUT2D eigenvalue weighted by Gasteiger charge is 2.02. The Bertz CT molecular complexity index is 66.8. The van der Waals surface area contributed by atoms with Gasteiger partial charge in [0.2, 0.25) is 0 Å². The van der Waals surface area contributed by atoms with Crippen LogP contribution >= 0.6 is 0 Å². The van der Waals surface area contributed by atoms with Crippen molar-refractivity contribution in [3.8, 4) is 0 Å². The smallest absolute Gasteiger partial charge is 0.00965 e. The molecule has 0 saturated carbocycles. The largest absolute Gasteiger partial charge is 0.327 e. The Morgan fingerprint density at radius 3 is 2.25 bits per heavy atom. The number of nitrogens with two attached hydrogens (primary N) is 1. The van der Waals surface area contributed by atoms with Gasteiger partial charge in [0.05, 0.1) is 0 Å². The van der Waals surface area contributed by atoms with E-state index in [1.807, 2.05) is 6.08 Å². The third-order valence-electron chi connectivity index (χ3n) is 1.30. The van der Waals surface area contributed by atoms with Gasteiger partial charge in [-0.2, -0.15) is 0 Å². The topological polar surface area (TPSA) is 26.0 Å². The highest BCUT2D eigenvalue weighted by Crippen LogP contribution is 2.01. The van der Waals surface area contributed by atoms with Gasteiger partial charge in [-0.3, -0.25) is 0 Å². The summed E-state index contributed by atoms with van der Waals surface area (Å²) in [6.07, 6.45) is 2.79. The van der Waals surface area contributed by atoms with Gasteiger partial charge < -0.3 is 5.73 Å². The van der Waals surface area contributed by atoms with E-state index >= 15 is 0 Å². The monoisotopic (exact) mass is 113 g/mol. The van der Waals surface area contributed by atoms with E-state index in [0.717, 1.165) is 6.42 Å². The van der Waals surface area contributed by atoms with Gasteiger partial charge in [-0.25, -0.2) is 0 Å². The molecule has 1 unspecified atom stereocenters. The Hall–Kier alpha value is -0.300. The van der Waals surface area contributed by atoms with Crippen molar-refractivity contribution >= 4 is 0 Å². The average Bonchev–Trinajstić information content (AvgIpc) is 1.67. The molecular weight excluding hydrogens is 98.1 g/mol. The maximum absolute atomic E-state index is 5.66. The minimum atomic E-state index is 0.299. The van der Waals surface area contributed by atoms with Crippen LogP contribution in [0.25, 0.3) is 0 Å². The molecule has 0 aliphatic rings. The fourth-order valence-electron chi connectivity index (χ4n) is 0.465. The first-order valence-corrected chi connectivity index (χ1v) is 3.05. The third-order valence-corrected chi connectivity index (χ3v) is 1.30. The second-order valence-electron chi connectivity index (χ2n) is 2.43. The van der Waals surface area contributed by atoms with Crippen molar-refractivity contribution in [3.05, 3.63) is 12.7 Å². The molecule has 0 spiro atoms. The van der Waals surface area contributed by atoms with E-state index in [2.05, 4.69) is 20.4 Å². The van der Waals surface area contributed by atoms with Crippen LogP contribution < -0.4 is 5.73 Å². The van der Waals surface area contributed by atoms with Crippen molar-refractivity contribution in [2.24, 2.45) is 11.7 Å². The molecule has 2 N–H and O–H groups in total. The minimum absolute atomic E-state index is 0.299. The third kappa shape index (κ3) is 2.80. The van der Waals surface area contributed by atoms with E-state index in [4.69, 9.17) is 5.73 Å². The van der Waals surface area contributed by atoms with Crippen molar-refractivity contribution in [2.75, 3.05) is 0 Å². The normalized spacial score (nSPS) is 14.0. The van der Waals surface area contributed by atoms with Crippen molar-refractivity contribution in [3.63, 3.8) is 0 Å². The Morgan fingerprint density at radius 1 is 1.62 bits per heavy atom. The van der Waals surface area contributed by atoms with E-state index < -0.39 is 0 Å². The van der Waals surface area contributed by atoms with Crippen LogP contribution in [0.15, 0.2) is 12.7 Å². The van der Waals surface area contributed by atoms with Crippen LogP contribution in [0, 0.1) is 5.92 Å². The first-order chi connectivity index (χ1) is 3.68. The van der Waals surface area contributed by atoms with Crippen LogP contribution in [0.1, 0.15) is 20.3 Å². The summed E-state index contributed by atoms with van der Waals surface area (Å²) >= 11 is 0. The molecule has 0 heterocycles. The zero-order valence-corrected chi connectivity index (χ0v) is 5.72. The zero-order chi connectivity index (χ0) is 6.57. The van der Waals surface area contributed by atoms with Crippen LogP contribution in [0.4, 0.5) is 0 Å². The van der Waals surface area contributed by atoms with Crippen molar-refractivity contribution in [1.82, 2.24) is 0 Å². The summed E-state index contributed by atoms with van der Waals surface area (Å²) in [5, 5.41) is 0. The lowest BCUT2D eigenvalue weighted by Crippen LogP contribution is -2.25. The molecule has 0 aromatic heterocycles. The summed E-state index contributed by atoms with van der Waals surface area (Å²) in [4.78, 5) is 0. The van der Waals surface area contributed by atoms with Gasteiger partial charge in [0, 0.05) is 6.04 Å². The van der Waals surface area contributed by atoms with Gasteiger partial charge in [0.25, 0.3) is 0 Å². The Labute approximate surface area is 51.6 Å². The molecule has 8 heavy (non-hydrogen) atoms. The predicted molar refractivity (Wildman–Crippen MR) is 37.6 cm³/mol. The fraction of sp³-hybridized carbons (Fsp3) is 0.714. The highest BCUT2D eigenvalue weighted by atomic mass is 14.6. The van der Waals surface area contributed by atoms with Gasteiger partial charge >= 0.3 is 0 Å². The number of hydrogen-bond acceptors (Lipinski definition) is 1. The number of rotatable bonds is 3. The second kappa shape index (κ2) is 3.67. The zero-order valence-electron chi connectivity index (χ0n) is 5.72. The molecule has 0 bridgehead atoms. The quantitative estimate of drug-likeness (QED) is 0.552. The summed E-state index contributed by atoms with van der Waals surface area (Å²) < 4.78 is 0. The predicted octanol–water partition coefficient (Wildman–Crippen LogP) is 1.55. The van der Waals surface area contributed by atoms with Gasteiger partial charge in [-0.1, -0.05) is 19.9 Å². The van der Waals surface area contributed by atoms with E-state index in [-0.39, 0.29) is 0 Å². The van der Waals surface area contributed by atoms with Crippen LogP contribution in [-0.4, -0.2) is 6.04 Å². The first-order valence-electron chi connectivity index (χ1n) is 3.05. The SMILES string of the molecule is C=CCC(N)C(C)C.